The Hall–Kier alpha value is -3.08. The van der Waals surface area contributed by atoms with Crippen LogP contribution in [0.2, 0.25) is 10.0 Å². The van der Waals surface area contributed by atoms with Crippen LogP contribution in [-0.2, 0) is 0 Å². The Labute approximate surface area is 170 Å². The third-order valence-corrected chi connectivity index (χ3v) is 4.71. The van der Waals surface area contributed by atoms with Crippen molar-refractivity contribution in [3.05, 3.63) is 88.5 Å². The third kappa shape index (κ3) is 3.52. The average molecular weight is 410 g/mol. The molecule has 1 aromatic heterocycles. The molecule has 4 rings (SSSR count). The van der Waals surface area contributed by atoms with Crippen molar-refractivity contribution in [3.8, 4) is 33.6 Å². The number of hydrogen-bond donors (Lipinski definition) is 1. The molecule has 0 unspecified atom stereocenters. The molecule has 0 saturated carbocycles. The molecule has 28 heavy (non-hydrogen) atoms. The van der Waals surface area contributed by atoms with Crippen LogP contribution in [0.3, 0.4) is 0 Å². The molecule has 6 heteroatoms. The standard InChI is InChI=1S/C22H13Cl2NO3/c23-17-10-16(11-18(24)12-17)14-7-4-8-15(9-14)19-20(22(26)27)25-28-21(19)13-5-2-1-3-6-13/h1-12H,(H,26,27). The molecule has 0 aliphatic rings. The number of hydrogen-bond acceptors (Lipinski definition) is 3. The molecule has 1 heterocycles. The van der Waals surface area contributed by atoms with Gasteiger partial charge in [0, 0.05) is 15.6 Å². The van der Waals surface area contributed by atoms with Gasteiger partial charge in [-0.2, -0.15) is 0 Å². The van der Waals surface area contributed by atoms with Gasteiger partial charge in [0.05, 0.1) is 5.56 Å². The van der Waals surface area contributed by atoms with Gasteiger partial charge < -0.3 is 9.63 Å². The van der Waals surface area contributed by atoms with Crippen LogP contribution in [0, 0.1) is 0 Å². The van der Waals surface area contributed by atoms with Gasteiger partial charge >= 0.3 is 5.97 Å². The van der Waals surface area contributed by atoms with E-state index in [0.717, 1.165) is 16.7 Å². The van der Waals surface area contributed by atoms with E-state index in [1.165, 1.54) is 0 Å². The van der Waals surface area contributed by atoms with Crippen molar-refractivity contribution in [1.29, 1.82) is 0 Å². The summed E-state index contributed by atoms with van der Waals surface area (Å²) in [4.78, 5) is 11.7. The Balaban J connectivity index is 1.90. The van der Waals surface area contributed by atoms with Crippen molar-refractivity contribution < 1.29 is 14.4 Å². The summed E-state index contributed by atoms with van der Waals surface area (Å²) >= 11 is 12.2. The number of benzene rings is 3. The van der Waals surface area contributed by atoms with E-state index < -0.39 is 5.97 Å². The fourth-order valence-electron chi connectivity index (χ4n) is 3.07. The smallest absolute Gasteiger partial charge is 0.358 e. The van der Waals surface area contributed by atoms with Gasteiger partial charge in [-0.15, -0.1) is 0 Å². The molecule has 0 saturated heterocycles. The summed E-state index contributed by atoms with van der Waals surface area (Å²) in [7, 11) is 0. The van der Waals surface area contributed by atoms with Gasteiger partial charge in [0.15, 0.2) is 11.5 Å². The number of carboxylic acids is 1. The number of aromatic nitrogens is 1. The molecule has 0 spiro atoms. The Morgan fingerprint density at radius 2 is 1.43 bits per heavy atom. The van der Waals surface area contributed by atoms with E-state index in [9.17, 15) is 9.90 Å². The summed E-state index contributed by atoms with van der Waals surface area (Å²) in [6, 6.07) is 22.0. The molecular formula is C22H13Cl2NO3. The molecule has 3 aromatic carbocycles. The molecule has 4 aromatic rings. The lowest BCUT2D eigenvalue weighted by atomic mass is 9.96. The lowest BCUT2D eigenvalue weighted by Gasteiger charge is -2.08. The summed E-state index contributed by atoms with van der Waals surface area (Å²) in [5.74, 6) is -0.753. The van der Waals surface area contributed by atoms with Gasteiger partial charge in [-0.3, -0.25) is 0 Å². The maximum absolute atomic E-state index is 11.7. The first kappa shape index (κ1) is 18.3. The van der Waals surface area contributed by atoms with Gasteiger partial charge in [-0.1, -0.05) is 76.9 Å². The zero-order chi connectivity index (χ0) is 19.7. The highest BCUT2D eigenvalue weighted by molar-refractivity contribution is 6.35. The fourth-order valence-corrected chi connectivity index (χ4v) is 3.59. The number of carboxylic acid groups (broad SMARTS) is 1. The summed E-state index contributed by atoms with van der Waals surface area (Å²) in [6.07, 6.45) is 0. The largest absolute Gasteiger partial charge is 0.476 e. The van der Waals surface area contributed by atoms with E-state index in [4.69, 9.17) is 27.7 Å². The maximum atomic E-state index is 11.7. The predicted octanol–water partition coefficient (Wildman–Crippen LogP) is 6.68. The zero-order valence-electron chi connectivity index (χ0n) is 14.4. The van der Waals surface area contributed by atoms with Gasteiger partial charge in [-0.05, 0) is 41.0 Å². The van der Waals surface area contributed by atoms with E-state index in [-0.39, 0.29) is 5.69 Å². The molecule has 0 atom stereocenters. The molecule has 138 valence electrons. The van der Waals surface area contributed by atoms with Crippen LogP contribution >= 0.6 is 23.2 Å². The second-order valence-corrected chi connectivity index (χ2v) is 7.02. The Bertz CT molecular complexity index is 1150. The molecule has 1 N–H and O–H groups in total. The summed E-state index contributed by atoms with van der Waals surface area (Å²) in [5, 5.41) is 14.4. The van der Waals surface area contributed by atoms with Crippen LogP contribution in [-0.4, -0.2) is 16.2 Å². The summed E-state index contributed by atoms with van der Waals surface area (Å²) in [6.45, 7) is 0. The Morgan fingerprint density at radius 3 is 2.11 bits per heavy atom. The number of rotatable bonds is 4. The molecule has 0 radical (unpaired) electrons. The van der Waals surface area contributed by atoms with Crippen LogP contribution in [0.4, 0.5) is 0 Å². The van der Waals surface area contributed by atoms with E-state index in [1.54, 1.807) is 18.2 Å². The minimum Gasteiger partial charge on any atom is -0.476 e. The van der Waals surface area contributed by atoms with E-state index in [0.29, 0.717) is 26.9 Å². The molecule has 4 nitrogen and oxygen atoms in total. The van der Waals surface area contributed by atoms with Crippen molar-refractivity contribution >= 4 is 29.2 Å². The number of carbonyl (C=O) groups is 1. The van der Waals surface area contributed by atoms with Gasteiger partial charge in [-0.25, -0.2) is 4.79 Å². The van der Waals surface area contributed by atoms with Crippen molar-refractivity contribution in [2.24, 2.45) is 0 Å². The molecule has 0 bridgehead atoms. The number of halogens is 2. The van der Waals surface area contributed by atoms with Crippen molar-refractivity contribution in [3.63, 3.8) is 0 Å². The van der Waals surface area contributed by atoms with Gasteiger partial charge in [0.2, 0.25) is 0 Å². The third-order valence-electron chi connectivity index (χ3n) is 4.28. The molecular weight excluding hydrogens is 397 g/mol. The first-order valence-electron chi connectivity index (χ1n) is 8.38. The van der Waals surface area contributed by atoms with E-state index in [2.05, 4.69) is 5.16 Å². The molecule has 0 fully saturated rings. The maximum Gasteiger partial charge on any atom is 0.358 e. The minimum absolute atomic E-state index is 0.139. The monoisotopic (exact) mass is 409 g/mol. The lowest BCUT2D eigenvalue weighted by Crippen LogP contribution is -1.99. The molecule has 0 aliphatic heterocycles. The normalized spacial score (nSPS) is 10.8. The zero-order valence-corrected chi connectivity index (χ0v) is 15.9. The minimum atomic E-state index is -1.16. The van der Waals surface area contributed by atoms with E-state index >= 15 is 0 Å². The second-order valence-electron chi connectivity index (χ2n) is 6.15. The summed E-state index contributed by atoms with van der Waals surface area (Å²) in [5.41, 5.74) is 3.38. The van der Waals surface area contributed by atoms with Crippen molar-refractivity contribution in [2.75, 3.05) is 0 Å². The Morgan fingerprint density at radius 1 is 0.786 bits per heavy atom. The highest BCUT2D eigenvalue weighted by Crippen LogP contribution is 2.37. The van der Waals surface area contributed by atoms with E-state index in [1.807, 2.05) is 54.6 Å². The fraction of sp³-hybridized carbons (Fsp3) is 0. The SMILES string of the molecule is O=C(O)c1noc(-c2ccccc2)c1-c1cccc(-c2cc(Cl)cc(Cl)c2)c1. The predicted molar refractivity (Wildman–Crippen MR) is 110 cm³/mol. The first-order valence-corrected chi connectivity index (χ1v) is 9.14. The van der Waals surface area contributed by atoms with Crippen molar-refractivity contribution in [1.82, 2.24) is 5.16 Å². The average Bonchev–Trinajstić information content (AvgIpc) is 3.13. The highest BCUT2D eigenvalue weighted by Gasteiger charge is 2.24. The van der Waals surface area contributed by atoms with Gasteiger partial charge in [0.1, 0.15) is 0 Å². The van der Waals surface area contributed by atoms with Crippen LogP contribution in [0.1, 0.15) is 10.5 Å². The molecule has 0 amide bonds. The first-order chi connectivity index (χ1) is 13.5. The quantitative estimate of drug-likeness (QED) is 0.408. The van der Waals surface area contributed by atoms with Gasteiger partial charge in [0.25, 0.3) is 0 Å². The molecule has 0 aliphatic carbocycles. The highest BCUT2D eigenvalue weighted by atomic mass is 35.5. The van der Waals surface area contributed by atoms with Crippen LogP contribution in [0.25, 0.3) is 33.6 Å². The topological polar surface area (TPSA) is 63.3 Å². The number of aromatic carboxylic acids is 1. The van der Waals surface area contributed by atoms with Crippen LogP contribution < -0.4 is 0 Å². The van der Waals surface area contributed by atoms with Crippen LogP contribution in [0.5, 0.6) is 0 Å². The van der Waals surface area contributed by atoms with Crippen LogP contribution in [0.15, 0.2) is 77.3 Å². The van der Waals surface area contributed by atoms with Crippen molar-refractivity contribution in [2.45, 2.75) is 0 Å². The lowest BCUT2D eigenvalue weighted by molar-refractivity contribution is 0.0686. The number of nitrogens with zero attached hydrogens (tertiary/aromatic N) is 1. The Kier molecular flexibility index (Phi) is 4.90. The second kappa shape index (κ2) is 7.50. The summed E-state index contributed by atoms with van der Waals surface area (Å²) < 4.78 is 5.41.